The first-order valence-corrected chi connectivity index (χ1v) is 7.97. The molecule has 22 heavy (non-hydrogen) atoms. The van der Waals surface area contributed by atoms with Gasteiger partial charge in [0.1, 0.15) is 11.9 Å². The van der Waals surface area contributed by atoms with Crippen molar-refractivity contribution in [1.29, 1.82) is 0 Å². The van der Waals surface area contributed by atoms with Crippen LogP contribution in [0.25, 0.3) is 0 Å². The lowest BCUT2D eigenvalue weighted by Crippen LogP contribution is -2.44. The number of rotatable bonds is 3. The lowest BCUT2D eigenvalue weighted by atomic mass is 9.85. The van der Waals surface area contributed by atoms with E-state index in [1.807, 2.05) is 0 Å². The third-order valence-corrected chi connectivity index (χ3v) is 4.87. The van der Waals surface area contributed by atoms with Gasteiger partial charge in [0.15, 0.2) is 0 Å². The highest BCUT2D eigenvalue weighted by molar-refractivity contribution is 6.42. The summed E-state index contributed by atoms with van der Waals surface area (Å²) in [5, 5.41) is 20.0. The van der Waals surface area contributed by atoms with Crippen molar-refractivity contribution in [2.24, 2.45) is 11.7 Å². The molecule has 7 heteroatoms. The first kappa shape index (κ1) is 17.3. The quantitative estimate of drug-likeness (QED) is 0.783. The number of phenolic OH excluding ortho intramolecular Hbond substituents is 1. The van der Waals surface area contributed by atoms with Gasteiger partial charge in [-0.3, -0.25) is 4.79 Å². The monoisotopic (exact) mass is 346 g/mol. The van der Waals surface area contributed by atoms with E-state index in [0.717, 1.165) is 0 Å². The SMILES string of the molecule is CC(O)C(=O)N1CCC(C(N)c2cc(Cl)c(Cl)cc2O)CC1. The fraction of sp³-hybridized carbons (Fsp3) is 0.533. The van der Waals surface area contributed by atoms with Crippen molar-refractivity contribution in [2.45, 2.75) is 31.9 Å². The summed E-state index contributed by atoms with van der Waals surface area (Å²) in [6.45, 7) is 2.56. The van der Waals surface area contributed by atoms with Crippen LogP contribution in [0.5, 0.6) is 5.75 Å². The van der Waals surface area contributed by atoms with E-state index in [9.17, 15) is 15.0 Å². The van der Waals surface area contributed by atoms with Crippen LogP contribution in [0.3, 0.4) is 0 Å². The molecule has 4 N–H and O–H groups in total. The molecule has 2 rings (SSSR count). The van der Waals surface area contributed by atoms with Crippen molar-refractivity contribution >= 4 is 29.1 Å². The standard InChI is InChI=1S/C15H20Cl2N2O3/c1-8(20)15(22)19-4-2-9(3-5-19)14(18)10-6-11(16)12(17)7-13(10)21/h6-9,14,20-21H,2-5,18H2,1H3. The van der Waals surface area contributed by atoms with Gasteiger partial charge in [0.2, 0.25) is 0 Å². The summed E-state index contributed by atoms with van der Waals surface area (Å²) in [5.41, 5.74) is 6.82. The third kappa shape index (κ3) is 3.66. The summed E-state index contributed by atoms with van der Waals surface area (Å²) in [6, 6.07) is 2.61. The van der Waals surface area contributed by atoms with Gasteiger partial charge in [-0.15, -0.1) is 0 Å². The molecule has 0 saturated carbocycles. The molecule has 1 aliphatic heterocycles. The second kappa shape index (κ2) is 7.04. The largest absolute Gasteiger partial charge is 0.508 e. The number of carbonyl (C=O) groups excluding carboxylic acids is 1. The number of aliphatic hydroxyl groups excluding tert-OH is 1. The zero-order valence-electron chi connectivity index (χ0n) is 12.3. The first-order chi connectivity index (χ1) is 10.3. The number of amides is 1. The molecule has 2 unspecified atom stereocenters. The Hall–Kier alpha value is -1.01. The Morgan fingerprint density at radius 2 is 1.86 bits per heavy atom. The lowest BCUT2D eigenvalue weighted by molar-refractivity contribution is -0.140. The second-order valence-corrected chi connectivity index (χ2v) is 6.50. The minimum Gasteiger partial charge on any atom is -0.508 e. The highest BCUT2D eigenvalue weighted by Gasteiger charge is 2.30. The maximum Gasteiger partial charge on any atom is 0.251 e. The molecule has 5 nitrogen and oxygen atoms in total. The molecule has 0 aliphatic carbocycles. The van der Waals surface area contributed by atoms with Crippen LogP contribution >= 0.6 is 23.2 Å². The predicted octanol–water partition coefficient (Wildman–Crippen LogP) is 2.32. The molecular formula is C15H20Cl2N2O3. The Morgan fingerprint density at radius 3 is 2.41 bits per heavy atom. The van der Waals surface area contributed by atoms with Gasteiger partial charge >= 0.3 is 0 Å². The maximum atomic E-state index is 11.8. The Kier molecular flexibility index (Phi) is 5.55. The molecule has 1 aliphatic rings. The first-order valence-electron chi connectivity index (χ1n) is 7.21. The maximum absolute atomic E-state index is 11.8. The number of nitrogens with zero attached hydrogens (tertiary/aromatic N) is 1. The van der Waals surface area contributed by atoms with Gasteiger partial charge in [0, 0.05) is 30.8 Å². The molecule has 1 aromatic rings. The number of likely N-dealkylation sites (tertiary alicyclic amines) is 1. The number of nitrogens with two attached hydrogens (primary N) is 1. The number of phenols is 1. The van der Waals surface area contributed by atoms with Crippen LogP contribution < -0.4 is 5.73 Å². The number of aromatic hydroxyl groups is 1. The van der Waals surface area contributed by atoms with Crippen LogP contribution in [-0.2, 0) is 4.79 Å². The fourth-order valence-corrected chi connectivity index (χ4v) is 3.15. The van der Waals surface area contributed by atoms with Crippen LogP contribution in [0, 0.1) is 5.92 Å². The van der Waals surface area contributed by atoms with E-state index in [1.165, 1.54) is 13.0 Å². The normalized spacial score (nSPS) is 19.0. The Bertz CT molecular complexity index is 558. The van der Waals surface area contributed by atoms with Crippen LogP contribution in [0.2, 0.25) is 10.0 Å². The topological polar surface area (TPSA) is 86.8 Å². The van der Waals surface area contributed by atoms with Crippen molar-refractivity contribution < 1.29 is 15.0 Å². The van der Waals surface area contributed by atoms with E-state index >= 15 is 0 Å². The van der Waals surface area contributed by atoms with Gasteiger partial charge in [-0.1, -0.05) is 23.2 Å². The Morgan fingerprint density at radius 1 is 1.32 bits per heavy atom. The van der Waals surface area contributed by atoms with Crippen LogP contribution in [0.4, 0.5) is 0 Å². The molecule has 1 amide bonds. The summed E-state index contributed by atoms with van der Waals surface area (Å²) < 4.78 is 0. The summed E-state index contributed by atoms with van der Waals surface area (Å²) in [7, 11) is 0. The number of hydrogen-bond donors (Lipinski definition) is 3. The second-order valence-electron chi connectivity index (χ2n) is 5.69. The summed E-state index contributed by atoms with van der Waals surface area (Å²) >= 11 is 11.8. The van der Waals surface area contributed by atoms with Crippen LogP contribution in [-0.4, -0.2) is 40.2 Å². The van der Waals surface area contributed by atoms with Gasteiger partial charge in [0.25, 0.3) is 5.91 Å². The molecule has 0 aromatic heterocycles. The Labute approximate surface area is 139 Å². The highest BCUT2D eigenvalue weighted by atomic mass is 35.5. The molecule has 1 fully saturated rings. The van der Waals surface area contributed by atoms with Crippen LogP contribution in [0.15, 0.2) is 12.1 Å². The third-order valence-electron chi connectivity index (χ3n) is 4.15. The molecule has 2 atom stereocenters. The molecule has 1 saturated heterocycles. The number of carbonyl (C=O) groups is 1. The van der Waals surface area contributed by atoms with Crippen molar-refractivity contribution in [1.82, 2.24) is 4.90 Å². The number of aliphatic hydroxyl groups is 1. The minimum atomic E-state index is -0.982. The van der Waals surface area contributed by atoms with E-state index in [-0.39, 0.29) is 28.6 Å². The van der Waals surface area contributed by atoms with Gasteiger partial charge in [-0.05, 0) is 31.7 Å². The zero-order valence-corrected chi connectivity index (χ0v) is 13.8. The average Bonchev–Trinajstić information content (AvgIpc) is 2.49. The molecule has 0 spiro atoms. The predicted molar refractivity (Wildman–Crippen MR) is 86.0 cm³/mol. The minimum absolute atomic E-state index is 0.0318. The molecule has 1 aromatic carbocycles. The van der Waals surface area contributed by atoms with Crippen LogP contribution in [0.1, 0.15) is 31.4 Å². The molecule has 0 radical (unpaired) electrons. The number of piperidine rings is 1. The smallest absolute Gasteiger partial charge is 0.251 e. The molecule has 0 bridgehead atoms. The van der Waals surface area contributed by atoms with E-state index in [4.69, 9.17) is 28.9 Å². The Balaban J connectivity index is 2.05. The number of halogens is 2. The zero-order chi connectivity index (χ0) is 16.4. The van der Waals surface area contributed by atoms with Crippen molar-refractivity contribution in [2.75, 3.05) is 13.1 Å². The molecule has 1 heterocycles. The van der Waals surface area contributed by atoms with E-state index in [1.54, 1.807) is 11.0 Å². The van der Waals surface area contributed by atoms with Gasteiger partial charge in [-0.25, -0.2) is 0 Å². The average molecular weight is 347 g/mol. The van der Waals surface area contributed by atoms with E-state index in [2.05, 4.69) is 0 Å². The lowest BCUT2D eigenvalue weighted by Gasteiger charge is -2.35. The highest BCUT2D eigenvalue weighted by Crippen LogP contribution is 2.37. The fourth-order valence-electron chi connectivity index (χ4n) is 2.82. The molecule has 122 valence electrons. The van der Waals surface area contributed by atoms with Gasteiger partial charge in [0.05, 0.1) is 10.0 Å². The van der Waals surface area contributed by atoms with Crippen molar-refractivity contribution in [3.63, 3.8) is 0 Å². The molecular weight excluding hydrogens is 327 g/mol. The summed E-state index contributed by atoms with van der Waals surface area (Å²) in [6.07, 6.45) is 0.433. The number of hydrogen-bond acceptors (Lipinski definition) is 4. The van der Waals surface area contributed by atoms with Crippen molar-refractivity contribution in [3.05, 3.63) is 27.7 Å². The number of benzene rings is 1. The summed E-state index contributed by atoms with van der Waals surface area (Å²) in [5.74, 6) is -0.102. The van der Waals surface area contributed by atoms with Gasteiger partial charge in [-0.2, -0.15) is 0 Å². The van der Waals surface area contributed by atoms with E-state index < -0.39 is 6.10 Å². The summed E-state index contributed by atoms with van der Waals surface area (Å²) in [4.78, 5) is 13.4. The van der Waals surface area contributed by atoms with Crippen molar-refractivity contribution in [3.8, 4) is 5.75 Å². The van der Waals surface area contributed by atoms with E-state index in [0.29, 0.717) is 36.5 Å². The van der Waals surface area contributed by atoms with Gasteiger partial charge < -0.3 is 20.8 Å².